The number of aliphatic hydroxyl groups is 1. The van der Waals surface area contributed by atoms with Gasteiger partial charge in [-0.3, -0.25) is 4.79 Å². The summed E-state index contributed by atoms with van der Waals surface area (Å²) in [5, 5.41) is 13.8. The Bertz CT molecular complexity index is 892. The fourth-order valence-electron chi connectivity index (χ4n) is 3.09. The zero-order valence-electron chi connectivity index (χ0n) is 12.6. The summed E-state index contributed by atoms with van der Waals surface area (Å²) in [6.45, 7) is 0.390. The molecule has 1 N–H and O–H groups in total. The van der Waals surface area contributed by atoms with Gasteiger partial charge in [-0.05, 0) is 35.2 Å². The number of halogens is 1. The van der Waals surface area contributed by atoms with Crippen molar-refractivity contribution < 1.29 is 9.90 Å². The molecule has 1 aliphatic heterocycles. The van der Waals surface area contributed by atoms with Crippen LogP contribution in [0.5, 0.6) is 0 Å². The average Bonchev–Trinajstić information content (AvgIpc) is 3.21. The number of thiophene rings is 1. The molecule has 0 aliphatic carbocycles. The van der Waals surface area contributed by atoms with Crippen LogP contribution in [0.15, 0.2) is 66.0 Å². The van der Waals surface area contributed by atoms with E-state index in [9.17, 15) is 9.90 Å². The third kappa shape index (κ3) is 2.26. The average molecular weight is 356 g/mol. The molecule has 2 aromatic carbocycles. The minimum atomic E-state index is -1.61. The van der Waals surface area contributed by atoms with Crippen molar-refractivity contribution >= 4 is 34.5 Å². The highest BCUT2D eigenvalue weighted by Crippen LogP contribution is 2.46. The third-order valence-corrected chi connectivity index (χ3v) is 5.50. The van der Waals surface area contributed by atoms with E-state index in [2.05, 4.69) is 0 Å². The molecule has 4 rings (SSSR count). The van der Waals surface area contributed by atoms with Gasteiger partial charge in [-0.2, -0.15) is 0 Å². The number of benzene rings is 2. The van der Waals surface area contributed by atoms with Gasteiger partial charge < -0.3 is 10.0 Å². The molecule has 0 bridgehead atoms. The van der Waals surface area contributed by atoms with Crippen molar-refractivity contribution in [3.63, 3.8) is 0 Å². The number of anilines is 1. The van der Waals surface area contributed by atoms with Crippen LogP contribution in [0.1, 0.15) is 16.0 Å². The number of nitrogens with zero attached hydrogens (tertiary/aromatic N) is 1. The second-order valence-electron chi connectivity index (χ2n) is 5.72. The van der Waals surface area contributed by atoms with Gasteiger partial charge in [0.25, 0.3) is 5.91 Å². The van der Waals surface area contributed by atoms with Gasteiger partial charge in [-0.15, -0.1) is 11.3 Å². The first-order valence-corrected chi connectivity index (χ1v) is 8.79. The molecule has 5 heteroatoms. The van der Waals surface area contributed by atoms with E-state index in [4.69, 9.17) is 11.6 Å². The molecule has 0 saturated heterocycles. The lowest BCUT2D eigenvalue weighted by Gasteiger charge is -2.22. The number of carbonyl (C=O) groups excluding carboxylic acids is 1. The largest absolute Gasteiger partial charge is 0.371 e. The van der Waals surface area contributed by atoms with Crippen LogP contribution in [0.4, 0.5) is 5.69 Å². The van der Waals surface area contributed by atoms with Gasteiger partial charge in [-0.25, -0.2) is 0 Å². The molecule has 3 aromatic rings. The van der Waals surface area contributed by atoms with Gasteiger partial charge in [0, 0.05) is 10.6 Å². The molecule has 0 radical (unpaired) electrons. The Hall–Kier alpha value is -2.14. The summed E-state index contributed by atoms with van der Waals surface area (Å²) >= 11 is 7.31. The fourth-order valence-corrected chi connectivity index (χ4v) is 4.04. The Balaban J connectivity index is 1.79. The lowest BCUT2D eigenvalue weighted by Crippen LogP contribution is -2.40. The highest BCUT2D eigenvalue weighted by atomic mass is 35.5. The van der Waals surface area contributed by atoms with Gasteiger partial charge in [0.05, 0.1) is 17.1 Å². The first-order valence-electron chi connectivity index (χ1n) is 7.53. The number of rotatable bonds is 3. The number of hydrogen-bond donors (Lipinski definition) is 1. The van der Waals surface area contributed by atoms with Crippen molar-refractivity contribution in [1.82, 2.24) is 0 Å². The molecular formula is C19H14ClNO2S. The van der Waals surface area contributed by atoms with Gasteiger partial charge >= 0.3 is 0 Å². The zero-order valence-corrected chi connectivity index (χ0v) is 14.2. The SMILES string of the molecule is O=C1N(Cc2ccc(Cl)cc2)c2ccccc2C1(O)c1cccs1. The number of fused-ring (bicyclic) bond motifs is 1. The van der Waals surface area contributed by atoms with Crippen molar-refractivity contribution in [2.45, 2.75) is 12.1 Å². The Morgan fingerprint density at radius 2 is 1.79 bits per heavy atom. The lowest BCUT2D eigenvalue weighted by molar-refractivity contribution is -0.132. The van der Waals surface area contributed by atoms with E-state index in [1.54, 1.807) is 23.1 Å². The van der Waals surface area contributed by atoms with Crippen molar-refractivity contribution in [2.24, 2.45) is 0 Å². The smallest absolute Gasteiger partial charge is 0.269 e. The lowest BCUT2D eigenvalue weighted by atomic mass is 9.94. The van der Waals surface area contributed by atoms with E-state index < -0.39 is 5.60 Å². The monoisotopic (exact) mass is 355 g/mol. The van der Waals surface area contributed by atoms with E-state index in [1.807, 2.05) is 47.8 Å². The van der Waals surface area contributed by atoms with E-state index in [-0.39, 0.29) is 5.91 Å². The molecule has 0 fully saturated rings. The minimum Gasteiger partial charge on any atom is -0.371 e. The summed E-state index contributed by atoms with van der Waals surface area (Å²) < 4.78 is 0. The van der Waals surface area contributed by atoms with E-state index >= 15 is 0 Å². The van der Waals surface area contributed by atoms with Crippen LogP contribution in [0.2, 0.25) is 5.02 Å². The maximum Gasteiger partial charge on any atom is 0.269 e. The topological polar surface area (TPSA) is 40.5 Å². The Morgan fingerprint density at radius 1 is 1.04 bits per heavy atom. The summed E-state index contributed by atoms with van der Waals surface area (Å²) in [5.74, 6) is -0.318. The molecule has 0 saturated carbocycles. The Morgan fingerprint density at radius 3 is 2.50 bits per heavy atom. The summed E-state index contributed by atoms with van der Waals surface area (Å²) in [6, 6.07) is 18.4. The molecule has 120 valence electrons. The highest BCUT2D eigenvalue weighted by molar-refractivity contribution is 7.10. The molecule has 1 unspecified atom stereocenters. The predicted octanol–water partition coefficient (Wildman–Crippen LogP) is 4.18. The summed E-state index contributed by atoms with van der Waals surface area (Å²) in [4.78, 5) is 15.4. The molecular weight excluding hydrogens is 342 g/mol. The molecule has 2 heterocycles. The predicted molar refractivity (Wildman–Crippen MR) is 96.4 cm³/mol. The molecule has 3 nitrogen and oxygen atoms in total. The van der Waals surface area contributed by atoms with E-state index in [1.165, 1.54) is 11.3 Å². The summed E-state index contributed by atoms with van der Waals surface area (Å²) in [6.07, 6.45) is 0. The quantitative estimate of drug-likeness (QED) is 0.765. The van der Waals surface area contributed by atoms with Crippen molar-refractivity contribution in [3.05, 3.63) is 87.1 Å². The molecule has 1 atom stereocenters. The minimum absolute atomic E-state index is 0.318. The highest BCUT2D eigenvalue weighted by Gasteiger charge is 2.51. The maximum absolute atomic E-state index is 13.1. The molecule has 24 heavy (non-hydrogen) atoms. The van der Waals surface area contributed by atoms with Crippen LogP contribution in [0.25, 0.3) is 0 Å². The third-order valence-electron chi connectivity index (χ3n) is 4.27. The van der Waals surface area contributed by atoms with Crippen LogP contribution in [0, 0.1) is 0 Å². The van der Waals surface area contributed by atoms with Crippen molar-refractivity contribution in [2.75, 3.05) is 4.90 Å². The standard InChI is InChI=1S/C19H14ClNO2S/c20-14-9-7-13(8-10-14)12-21-16-5-2-1-4-15(16)19(23,18(21)22)17-6-3-11-24-17/h1-11,23H,12H2. The second-order valence-corrected chi connectivity index (χ2v) is 7.11. The second kappa shape index (κ2) is 5.74. The number of para-hydroxylation sites is 1. The first kappa shape index (κ1) is 15.4. The van der Waals surface area contributed by atoms with E-state index in [0.717, 1.165) is 11.3 Å². The van der Waals surface area contributed by atoms with Crippen LogP contribution in [-0.4, -0.2) is 11.0 Å². The van der Waals surface area contributed by atoms with Crippen molar-refractivity contribution in [1.29, 1.82) is 0 Å². The number of hydrogen-bond acceptors (Lipinski definition) is 3. The van der Waals surface area contributed by atoms with Crippen molar-refractivity contribution in [3.8, 4) is 0 Å². The number of carbonyl (C=O) groups is 1. The summed E-state index contributed by atoms with van der Waals surface area (Å²) in [7, 11) is 0. The summed E-state index contributed by atoms with van der Waals surface area (Å²) in [5.41, 5.74) is 0.717. The molecule has 1 aromatic heterocycles. The van der Waals surface area contributed by atoms with Gasteiger partial charge in [-0.1, -0.05) is 48.0 Å². The normalized spacial score (nSPS) is 19.6. The first-order chi connectivity index (χ1) is 11.6. The van der Waals surface area contributed by atoms with Crippen LogP contribution < -0.4 is 4.90 Å². The molecule has 0 spiro atoms. The fraction of sp³-hybridized carbons (Fsp3) is 0.105. The number of amides is 1. The van der Waals surface area contributed by atoms with Crippen LogP contribution in [-0.2, 0) is 16.9 Å². The van der Waals surface area contributed by atoms with Crippen LogP contribution >= 0.6 is 22.9 Å². The van der Waals surface area contributed by atoms with Gasteiger partial charge in [0.15, 0.2) is 0 Å². The maximum atomic E-state index is 13.1. The Kier molecular flexibility index (Phi) is 3.68. The Labute approximate surface area is 148 Å². The van der Waals surface area contributed by atoms with Gasteiger partial charge in [0.1, 0.15) is 0 Å². The molecule has 1 aliphatic rings. The molecule has 1 amide bonds. The van der Waals surface area contributed by atoms with E-state index in [0.29, 0.717) is 22.0 Å². The zero-order chi connectivity index (χ0) is 16.7. The van der Waals surface area contributed by atoms with Gasteiger partial charge in [0.2, 0.25) is 5.60 Å². The van der Waals surface area contributed by atoms with Crippen LogP contribution in [0.3, 0.4) is 0 Å².